The van der Waals surface area contributed by atoms with Crippen molar-refractivity contribution in [3.8, 4) is 0 Å². The van der Waals surface area contributed by atoms with Crippen LogP contribution in [0.3, 0.4) is 0 Å². The Labute approximate surface area is 144 Å². The van der Waals surface area contributed by atoms with Crippen LogP contribution in [0.15, 0.2) is 42.7 Å². The summed E-state index contributed by atoms with van der Waals surface area (Å²) in [5.41, 5.74) is -1.58. The molecule has 2 aliphatic rings. The van der Waals surface area contributed by atoms with Crippen LogP contribution in [0.2, 0.25) is 0 Å². The highest BCUT2D eigenvalue weighted by Gasteiger charge is 2.57. The van der Waals surface area contributed by atoms with Crippen molar-refractivity contribution in [3.63, 3.8) is 0 Å². The van der Waals surface area contributed by atoms with E-state index in [2.05, 4.69) is 41.8 Å². The average Bonchev–Trinajstić information content (AvgIpc) is 2.85. The van der Waals surface area contributed by atoms with Crippen LogP contribution in [0.1, 0.15) is 27.7 Å². The monoisotopic (exact) mass is 429 g/mol. The van der Waals surface area contributed by atoms with E-state index in [1.165, 1.54) is 0 Å². The number of hydrogen-bond donors (Lipinski definition) is 1. The Morgan fingerprint density at radius 1 is 1.00 bits per heavy atom. The fourth-order valence-electron chi connectivity index (χ4n) is 2.37. The number of halogens is 2. The highest BCUT2D eigenvalue weighted by molar-refractivity contribution is 9.13. The molecular weight excluding hydrogens is 416 g/mol. The third kappa shape index (κ3) is 1.97. The quantitative estimate of drug-likeness (QED) is 0.687. The Balaban J connectivity index is 2.23. The van der Waals surface area contributed by atoms with Gasteiger partial charge in [0, 0.05) is 8.95 Å². The number of hydroxylamine groups is 4. The normalized spacial score (nSPS) is 21.8. The van der Waals surface area contributed by atoms with Gasteiger partial charge in [0.15, 0.2) is 5.82 Å². The van der Waals surface area contributed by atoms with Gasteiger partial charge in [-0.15, -0.1) is 0 Å². The fourth-order valence-corrected chi connectivity index (χ4v) is 3.03. The maximum absolute atomic E-state index is 12.6. The molecule has 3 rings (SSSR count). The molecule has 117 valence electrons. The summed E-state index contributed by atoms with van der Waals surface area (Å²) in [6, 6.07) is 3.64. The summed E-state index contributed by atoms with van der Waals surface area (Å²) < 4.78 is 1.70. The maximum atomic E-state index is 12.6. The molecule has 6 nitrogen and oxygen atoms in total. The van der Waals surface area contributed by atoms with Crippen LogP contribution in [0, 0.1) is 0 Å². The summed E-state index contributed by atoms with van der Waals surface area (Å²) in [4.78, 5) is 8.77. The first-order valence-electron chi connectivity index (χ1n) is 6.70. The molecule has 8 heteroatoms. The second kappa shape index (κ2) is 4.77. The molecule has 1 radical (unpaired) electrons. The summed E-state index contributed by atoms with van der Waals surface area (Å²) in [6.07, 6.45) is 0. The fraction of sp³-hybridized carbons (Fsp3) is 0.429. The van der Waals surface area contributed by atoms with Crippen molar-refractivity contribution in [3.05, 3.63) is 43.4 Å². The van der Waals surface area contributed by atoms with Crippen LogP contribution >= 0.6 is 31.9 Å². The van der Waals surface area contributed by atoms with Gasteiger partial charge in [-0.25, -0.2) is 15.0 Å². The molecule has 22 heavy (non-hydrogen) atoms. The van der Waals surface area contributed by atoms with Gasteiger partial charge >= 0.3 is 0 Å². The van der Waals surface area contributed by atoms with Gasteiger partial charge in [0.2, 0.25) is 5.82 Å². The highest BCUT2D eigenvalue weighted by Crippen LogP contribution is 2.44. The third-order valence-corrected chi connectivity index (χ3v) is 6.44. The molecule has 0 unspecified atom stereocenters. The zero-order chi connectivity index (χ0) is 16.4. The lowest BCUT2D eigenvalue weighted by molar-refractivity contribution is -0.182. The largest absolute Gasteiger partial charge is 0.286 e. The molecule has 1 aromatic carbocycles. The van der Waals surface area contributed by atoms with Crippen LogP contribution in [0.5, 0.6) is 0 Å². The second-order valence-electron chi connectivity index (χ2n) is 6.35. The van der Waals surface area contributed by atoms with Crippen LogP contribution in [-0.4, -0.2) is 26.4 Å². The summed E-state index contributed by atoms with van der Waals surface area (Å²) in [6.45, 7) is 7.18. The van der Waals surface area contributed by atoms with E-state index in [9.17, 15) is 10.4 Å². The number of hydrogen-bond acceptors (Lipinski definition) is 5. The van der Waals surface area contributed by atoms with Crippen molar-refractivity contribution < 1.29 is 10.4 Å². The molecule has 1 aromatic rings. The van der Waals surface area contributed by atoms with E-state index >= 15 is 0 Å². The minimum absolute atomic E-state index is 0.0680. The topological polar surface area (TPSA) is 71.3 Å². The molecule has 1 fully saturated rings. The molecule has 0 saturated carbocycles. The first-order valence-corrected chi connectivity index (χ1v) is 8.29. The van der Waals surface area contributed by atoms with Crippen molar-refractivity contribution in [2.45, 2.75) is 38.8 Å². The molecule has 0 amide bonds. The van der Waals surface area contributed by atoms with Crippen molar-refractivity contribution in [2.75, 3.05) is 0 Å². The Bertz CT molecular complexity index is 752. The number of nitrogens with zero attached hydrogens (tertiary/aromatic N) is 4. The number of fused-ring (bicyclic) bond motifs is 1. The SMILES string of the molecule is CC1(C)N([O])C(=C2N=c3cc(Br)c(Br)cc3=N2)N(O)C1(C)C. The predicted molar refractivity (Wildman–Crippen MR) is 85.5 cm³/mol. The van der Waals surface area contributed by atoms with Crippen LogP contribution < -0.4 is 10.7 Å². The summed E-state index contributed by atoms with van der Waals surface area (Å²) in [7, 11) is 0. The van der Waals surface area contributed by atoms with E-state index in [1.807, 2.05) is 12.1 Å². The lowest BCUT2D eigenvalue weighted by atomic mass is 9.84. The molecule has 0 aromatic heterocycles. The third-order valence-electron chi connectivity index (χ3n) is 4.60. The van der Waals surface area contributed by atoms with E-state index in [4.69, 9.17) is 0 Å². The zero-order valence-corrected chi connectivity index (χ0v) is 15.7. The molecule has 0 aliphatic carbocycles. The minimum Gasteiger partial charge on any atom is -0.286 e. The van der Waals surface area contributed by atoms with Gasteiger partial charge in [0.05, 0.1) is 21.8 Å². The average molecular weight is 431 g/mol. The summed E-state index contributed by atoms with van der Waals surface area (Å²) in [5.74, 6) is 0.287. The van der Waals surface area contributed by atoms with Crippen LogP contribution in [0.4, 0.5) is 0 Å². The molecule has 1 saturated heterocycles. The maximum Gasteiger partial charge on any atom is 0.202 e. The van der Waals surface area contributed by atoms with Gasteiger partial charge in [0.1, 0.15) is 0 Å². The van der Waals surface area contributed by atoms with Crippen molar-refractivity contribution in [1.82, 2.24) is 10.1 Å². The van der Waals surface area contributed by atoms with E-state index < -0.39 is 11.1 Å². The van der Waals surface area contributed by atoms with Crippen molar-refractivity contribution >= 4 is 31.9 Å². The van der Waals surface area contributed by atoms with E-state index in [0.717, 1.165) is 19.1 Å². The molecule has 0 bridgehead atoms. The van der Waals surface area contributed by atoms with Gasteiger partial charge in [0.25, 0.3) is 0 Å². The zero-order valence-electron chi connectivity index (χ0n) is 12.6. The molecule has 2 heterocycles. The summed E-state index contributed by atoms with van der Waals surface area (Å²) in [5, 5.41) is 26.2. The number of benzene rings is 1. The second-order valence-corrected chi connectivity index (χ2v) is 8.06. The Kier molecular flexibility index (Phi) is 3.45. The minimum atomic E-state index is -0.814. The van der Waals surface area contributed by atoms with Gasteiger partial charge in [-0.3, -0.25) is 5.21 Å². The van der Waals surface area contributed by atoms with Gasteiger partial charge in [-0.2, -0.15) is 5.06 Å². The number of rotatable bonds is 0. The lowest BCUT2D eigenvalue weighted by Crippen LogP contribution is -2.52. The molecule has 0 atom stereocenters. The summed E-state index contributed by atoms with van der Waals surface area (Å²) >= 11 is 6.83. The highest BCUT2D eigenvalue weighted by atomic mass is 79.9. The standard InChI is InChI=1S/C14H15Br2N4O2/c1-13(2)14(3,4)20(22)12(19(13)21)11-17-9-5-7(15)8(16)6-10(9)18-11/h5-6,21H,1-4H3. The Morgan fingerprint density at radius 3 is 1.82 bits per heavy atom. The Hall–Kier alpha value is -0.960. The smallest absolute Gasteiger partial charge is 0.202 e. The van der Waals surface area contributed by atoms with E-state index in [0.29, 0.717) is 10.7 Å². The molecule has 2 aliphatic heterocycles. The van der Waals surface area contributed by atoms with Crippen LogP contribution in [0.25, 0.3) is 0 Å². The first kappa shape index (κ1) is 15.9. The van der Waals surface area contributed by atoms with Gasteiger partial charge in [-0.1, -0.05) is 5.21 Å². The lowest BCUT2D eigenvalue weighted by Gasteiger charge is -2.36. The van der Waals surface area contributed by atoms with Crippen molar-refractivity contribution in [1.29, 1.82) is 0 Å². The predicted octanol–water partition coefficient (Wildman–Crippen LogP) is 2.50. The van der Waals surface area contributed by atoms with E-state index in [1.54, 1.807) is 27.7 Å². The van der Waals surface area contributed by atoms with Crippen LogP contribution in [-0.2, 0) is 5.21 Å². The van der Waals surface area contributed by atoms with E-state index in [-0.39, 0.29) is 11.6 Å². The molecule has 0 spiro atoms. The van der Waals surface area contributed by atoms with Gasteiger partial charge in [-0.05, 0) is 71.7 Å². The van der Waals surface area contributed by atoms with Gasteiger partial charge < -0.3 is 0 Å². The molecular formula is C14H15Br2N4O2. The first-order chi connectivity index (χ1) is 10.1. The Morgan fingerprint density at radius 2 is 1.45 bits per heavy atom. The molecule has 1 N–H and O–H groups in total. The van der Waals surface area contributed by atoms with Crippen molar-refractivity contribution in [2.24, 2.45) is 9.98 Å².